The number of nitrogens with one attached hydrogen (secondary N) is 1. The van der Waals surface area contributed by atoms with Gasteiger partial charge < -0.3 is 4.42 Å². The van der Waals surface area contributed by atoms with E-state index in [4.69, 9.17) is 4.42 Å². The van der Waals surface area contributed by atoms with Crippen LogP contribution in [0.5, 0.6) is 0 Å². The summed E-state index contributed by atoms with van der Waals surface area (Å²) in [5.41, 5.74) is 4.27. The molecular formula is C25H23N3O2S. The fourth-order valence-electron chi connectivity index (χ4n) is 3.21. The van der Waals surface area contributed by atoms with Gasteiger partial charge in [-0.1, -0.05) is 78.8 Å². The third kappa shape index (κ3) is 5.83. The van der Waals surface area contributed by atoms with Crippen LogP contribution in [0.2, 0.25) is 0 Å². The third-order valence-electron chi connectivity index (χ3n) is 4.73. The smallest absolute Gasteiger partial charge is 0.322 e. The molecular weight excluding hydrogens is 406 g/mol. The molecule has 0 aliphatic heterocycles. The fourth-order valence-corrected chi connectivity index (χ4v) is 3.88. The van der Waals surface area contributed by atoms with Crippen LogP contribution in [-0.4, -0.2) is 21.9 Å². The molecule has 0 saturated heterocycles. The van der Waals surface area contributed by atoms with Crippen molar-refractivity contribution < 1.29 is 9.21 Å². The summed E-state index contributed by atoms with van der Waals surface area (Å²) in [6.07, 6.45) is 0.768. The Hall–Kier alpha value is -3.38. The van der Waals surface area contributed by atoms with Crippen LogP contribution in [0.25, 0.3) is 11.1 Å². The standard InChI is InChI=1S/C25H23N3O2S/c1-2-31-22-14-10-19(11-15-22)17-24-27-28-25(30-24)26-23(29)16-18-8-12-21(13-9-18)20-6-4-3-5-7-20/h3-15H,2,16-17H2,1H3,(H,26,28,29). The van der Waals surface area contributed by atoms with Gasteiger partial charge in [0, 0.05) is 4.90 Å². The van der Waals surface area contributed by atoms with E-state index in [0.29, 0.717) is 12.3 Å². The zero-order valence-corrected chi connectivity index (χ0v) is 18.1. The number of aromatic nitrogens is 2. The fraction of sp³-hybridized carbons (Fsp3) is 0.160. The van der Waals surface area contributed by atoms with Gasteiger partial charge in [-0.3, -0.25) is 10.1 Å². The summed E-state index contributed by atoms with van der Waals surface area (Å²) in [5, 5.41) is 10.7. The first-order valence-corrected chi connectivity index (χ1v) is 11.2. The van der Waals surface area contributed by atoms with Crippen molar-refractivity contribution in [3.05, 3.63) is 95.9 Å². The van der Waals surface area contributed by atoms with Gasteiger partial charge in [-0.15, -0.1) is 16.9 Å². The van der Waals surface area contributed by atoms with E-state index in [9.17, 15) is 4.79 Å². The van der Waals surface area contributed by atoms with E-state index >= 15 is 0 Å². The Balaban J connectivity index is 1.31. The first-order valence-electron chi connectivity index (χ1n) is 10.2. The summed E-state index contributed by atoms with van der Waals surface area (Å²) < 4.78 is 5.59. The molecule has 4 rings (SSSR count). The Morgan fingerprint density at radius 3 is 2.26 bits per heavy atom. The van der Waals surface area contributed by atoms with Crippen LogP contribution in [0, 0.1) is 0 Å². The predicted octanol–water partition coefficient (Wildman–Crippen LogP) is 5.62. The lowest BCUT2D eigenvalue weighted by Crippen LogP contribution is -2.14. The lowest BCUT2D eigenvalue weighted by Gasteiger charge is -2.04. The molecule has 0 fully saturated rings. The highest BCUT2D eigenvalue weighted by atomic mass is 32.2. The molecule has 0 aliphatic rings. The molecule has 1 N–H and O–H groups in total. The highest BCUT2D eigenvalue weighted by Gasteiger charge is 2.11. The molecule has 0 radical (unpaired) electrons. The van der Waals surface area contributed by atoms with Crippen molar-refractivity contribution >= 4 is 23.7 Å². The van der Waals surface area contributed by atoms with E-state index in [2.05, 4.69) is 58.8 Å². The molecule has 0 spiro atoms. The Bertz CT molecular complexity index is 1120. The summed E-state index contributed by atoms with van der Waals surface area (Å²) in [6.45, 7) is 2.13. The number of thioether (sulfide) groups is 1. The van der Waals surface area contributed by atoms with E-state index in [0.717, 1.165) is 28.0 Å². The molecule has 1 amide bonds. The molecule has 4 aromatic rings. The number of nitrogens with zero attached hydrogens (tertiary/aromatic N) is 2. The van der Waals surface area contributed by atoms with Crippen molar-refractivity contribution in [2.45, 2.75) is 24.7 Å². The van der Waals surface area contributed by atoms with Crippen molar-refractivity contribution in [2.75, 3.05) is 11.1 Å². The van der Waals surface area contributed by atoms with Crippen molar-refractivity contribution in [1.29, 1.82) is 0 Å². The van der Waals surface area contributed by atoms with Crippen molar-refractivity contribution in [1.82, 2.24) is 10.2 Å². The van der Waals surface area contributed by atoms with Crippen LogP contribution in [0.4, 0.5) is 6.01 Å². The monoisotopic (exact) mass is 429 g/mol. The maximum atomic E-state index is 12.4. The van der Waals surface area contributed by atoms with E-state index in [1.54, 1.807) is 11.8 Å². The molecule has 0 saturated carbocycles. The van der Waals surface area contributed by atoms with Crippen molar-refractivity contribution in [3.8, 4) is 11.1 Å². The number of hydrogen-bond acceptors (Lipinski definition) is 5. The molecule has 0 atom stereocenters. The molecule has 5 nitrogen and oxygen atoms in total. The summed E-state index contributed by atoms with van der Waals surface area (Å²) in [4.78, 5) is 13.6. The number of rotatable bonds is 8. The number of amides is 1. The van der Waals surface area contributed by atoms with Gasteiger partial charge in [-0.2, -0.15) is 0 Å². The summed E-state index contributed by atoms with van der Waals surface area (Å²) in [7, 11) is 0. The zero-order valence-electron chi connectivity index (χ0n) is 17.2. The Morgan fingerprint density at radius 1 is 0.871 bits per heavy atom. The highest BCUT2D eigenvalue weighted by Crippen LogP contribution is 2.21. The van der Waals surface area contributed by atoms with Crippen LogP contribution in [0.1, 0.15) is 23.9 Å². The van der Waals surface area contributed by atoms with Gasteiger partial charge in [0.15, 0.2) is 0 Å². The Morgan fingerprint density at radius 2 is 1.55 bits per heavy atom. The average Bonchev–Trinajstić information content (AvgIpc) is 3.23. The Kier molecular flexibility index (Phi) is 6.79. The summed E-state index contributed by atoms with van der Waals surface area (Å²) in [5.74, 6) is 1.32. The average molecular weight is 430 g/mol. The third-order valence-corrected chi connectivity index (χ3v) is 5.62. The summed E-state index contributed by atoms with van der Waals surface area (Å²) >= 11 is 1.80. The van der Waals surface area contributed by atoms with Crippen LogP contribution in [-0.2, 0) is 17.6 Å². The van der Waals surface area contributed by atoms with Crippen LogP contribution in [0.3, 0.4) is 0 Å². The van der Waals surface area contributed by atoms with Crippen molar-refractivity contribution in [2.24, 2.45) is 0 Å². The maximum Gasteiger partial charge on any atom is 0.322 e. The van der Waals surface area contributed by atoms with Crippen LogP contribution < -0.4 is 5.32 Å². The molecule has 1 heterocycles. The lowest BCUT2D eigenvalue weighted by atomic mass is 10.0. The van der Waals surface area contributed by atoms with Crippen LogP contribution in [0.15, 0.2) is 88.2 Å². The van der Waals surface area contributed by atoms with Gasteiger partial charge in [0.1, 0.15) is 0 Å². The normalized spacial score (nSPS) is 10.7. The number of carbonyl (C=O) groups is 1. The second kappa shape index (κ2) is 10.1. The minimum atomic E-state index is -0.191. The van der Waals surface area contributed by atoms with Gasteiger partial charge in [-0.25, -0.2) is 0 Å². The lowest BCUT2D eigenvalue weighted by molar-refractivity contribution is -0.115. The van der Waals surface area contributed by atoms with Gasteiger partial charge >= 0.3 is 6.01 Å². The Labute approximate surface area is 185 Å². The number of carbonyl (C=O) groups excluding carboxylic acids is 1. The summed E-state index contributed by atoms with van der Waals surface area (Å²) in [6, 6.07) is 26.5. The van der Waals surface area contributed by atoms with Gasteiger partial charge in [0.25, 0.3) is 0 Å². The first kappa shape index (κ1) is 20.9. The molecule has 31 heavy (non-hydrogen) atoms. The number of benzene rings is 3. The minimum Gasteiger partial charge on any atom is -0.407 e. The maximum absolute atomic E-state index is 12.4. The quantitative estimate of drug-likeness (QED) is 0.368. The molecule has 0 unspecified atom stereocenters. The van der Waals surface area contributed by atoms with E-state index in [1.807, 2.05) is 42.5 Å². The van der Waals surface area contributed by atoms with Crippen molar-refractivity contribution in [3.63, 3.8) is 0 Å². The van der Waals surface area contributed by atoms with Gasteiger partial charge in [-0.05, 0) is 40.1 Å². The number of anilines is 1. The second-order valence-corrected chi connectivity index (χ2v) is 8.38. The van der Waals surface area contributed by atoms with Gasteiger partial charge in [0.2, 0.25) is 11.8 Å². The predicted molar refractivity (Wildman–Crippen MR) is 124 cm³/mol. The SMILES string of the molecule is CCSc1ccc(Cc2nnc(NC(=O)Cc3ccc(-c4ccccc4)cc3)o2)cc1. The molecule has 6 heteroatoms. The topological polar surface area (TPSA) is 68.0 Å². The second-order valence-electron chi connectivity index (χ2n) is 7.04. The zero-order chi connectivity index (χ0) is 21.5. The van der Waals surface area contributed by atoms with Crippen LogP contribution >= 0.6 is 11.8 Å². The minimum absolute atomic E-state index is 0.124. The first-order chi connectivity index (χ1) is 15.2. The van der Waals surface area contributed by atoms with E-state index < -0.39 is 0 Å². The van der Waals surface area contributed by atoms with E-state index in [-0.39, 0.29) is 18.3 Å². The molecule has 1 aromatic heterocycles. The molecule has 0 bridgehead atoms. The van der Waals surface area contributed by atoms with E-state index in [1.165, 1.54) is 4.90 Å². The largest absolute Gasteiger partial charge is 0.407 e. The number of hydrogen-bond donors (Lipinski definition) is 1. The molecule has 3 aromatic carbocycles. The highest BCUT2D eigenvalue weighted by molar-refractivity contribution is 7.99. The molecule has 0 aliphatic carbocycles. The van der Waals surface area contributed by atoms with Gasteiger partial charge in [0.05, 0.1) is 12.8 Å². The molecule has 156 valence electrons.